The number of hydrogen-bond acceptors (Lipinski definition) is 4. The number of amides is 2. The molecule has 0 aromatic rings. The molecule has 1 aliphatic rings. The van der Waals surface area contributed by atoms with Gasteiger partial charge in [-0.05, 0) is 18.6 Å². The third-order valence-electron chi connectivity index (χ3n) is 3.36. The summed E-state index contributed by atoms with van der Waals surface area (Å²) in [6, 6.07) is -1.17. The van der Waals surface area contributed by atoms with Crippen LogP contribution < -0.4 is 10.6 Å². The van der Waals surface area contributed by atoms with Crippen LogP contribution in [0.5, 0.6) is 0 Å². The summed E-state index contributed by atoms with van der Waals surface area (Å²) in [5.41, 5.74) is 0. The molecule has 3 N–H and O–H groups in total. The number of carbonyl (C=O) groups excluding carboxylic acids is 1. The fraction of sp³-hybridized carbons (Fsp3) is 0.846. The number of carboxylic acids is 1. The van der Waals surface area contributed by atoms with Crippen molar-refractivity contribution in [1.29, 1.82) is 0 Å². The minimum atomic E-state index is -1.04. The summed E-state index contributed by atoms with van der Waals surface area (Å²) >= 11 is 1.85. The molecule has 0 bridgehead atoms. The molecule has 0 radical (unpaired) electrons. The van der Waals surface area contributed by atoms with Crippen molar-refractivity contribution in [2.75, 3.05) is 19.5 Å². The Morgan fingerprint density at radius 2 is 2.20 bits per heavy atom. The Labute approximate surface area is 124 Å². The second kappa shape index (κ2) is 9.07. The predicted molar refractivity (Wildman–Crippen MR) is 79.1 cm³/mol. The molecule has 1 saturated carbocycles. The maximum absolute atomic E-state index is 11.9. The van der Waals surface area contributed by atoms with E-state index >= 15 is 0 Å². The van der Waals surface area contributed by atoms with E-state index in [2.05, 4.69) is 17.6 Å². The van der Waals surface area contributed by atoms with Gasteiger partial charge in [0.15, 0.2) is 0 Å². The lowest BCUT2D eigenvalue weighted by molar-refractivity contribution is -0.139. The summed E-state index contributed by atoms with van der Waals surface area (Å²) in [6.07, 6.45) is 3.43. The monoisotopic (exact) mass is 304 g/mol. The van der Waals surface area contributed by atoms with Crippen molar-refractivity contribution in [3.8, 4) is 0 Å². The lowest BCUT2D eigenvalue weighted by atomic mass is 10.2. The molecule has 0 heterocycles. The number of rotatable bonds is 8. The average Bonchev–Trinajstić information content (AvgIpc) is 2.82. The third-order valence-corrected chi connectivity index (χ3v) is 4.69. The molecule has 0 saturated heterocycles. The van der Waals surface area contributed by atoms with Crippen LogP contribution in [0.15, 0.2) is 0 Å². The van der Waals surface area contributed by atoms with Crippen molar-refractivity contribution in [2.45, 2.75) is 49.9 Å². The van der Waals surface area contributed by atoms with Crippen LogP contribution in [0.4, 0.5) is 4.79 Å². The minimum Gasteiger partial charge on any atom is -0.480 e. The van der Waals surface area contributed by atoms with Gasteiger partial charge < -0.3 is 20.5 Å². The summed E-state index contributed by atoms with van der Waals surface area (Å²) < 4.78 is 4.85. The van der Waals surface area contributed by atoms with Crippen molar-refractivity contribution in [1.82, 2.24) is 10.6 Å². The van der Waals surface area contributed by atoms with Crippen molar-refractivity contribution >= 4 is 23.8 Å². The molecule has 3 atom stereocenters. The molecule has 20 heavy (non-hydrogen) atoms. The highest BCUT2D eigenvalue weighted by Crippen LogP contribution is 2.29. The molecule has 3 unspecified atom stereocenters. The first-order chi connectivity index (χ1) is 9.58. The van der Waals surface area contributed by atoms with Gasteiger partial charge in [0.05, 0.1) is 0 Å². The zero-order valence-electron chi connectivity index (χ0n) is 12.1. The molecular formula is C13H24N2O4S. The summed E-state index contributed by atoms with van der Waals surface area (Å²) in [6.45, 7) is 2.40. The molecule has 0 aliphatic heterocycles. The molecule has 0 spiro atoms. The molecule has 2 amide bonds. The van der Waals surface area contributed by atoms with Crippen LogP contribution in [0, 0.1) is 0 Å². The van der Waals surface area contributed by atoms with E-state index in [1.165, 1.54) is 7.11 Å². The Balaban J connectivity index is 2.42. The number of ether oxygens (including phenoxy) is 1. The number of hydrogen-bond donors (Lipinski definition) is 3. The number of carbonyl (C=O) groups is 2. The van der Waals surface area contributed by atoms with Gasteiger partial charge in [0.2, 0.25) is 0 Å². The average molecular weight is 304 g/mol. The highest BCUT2D eigenvalue weighted by molar-refractivity contribution is 7.99. The number of urea groups is 1. The van der Waals surface area contributed by atoms with Crippen LogP contribution in [0.25, 0.3) is 0 Å². The van der Waals surface area contributed by atoms with Crippen LogP contribution in [-0.4, -0.2) is 53.9 Å². The number of carboxylic acid groups (broad SMARTS) is 1. The van der Waals surface area contributed by atoms with Gasteiger partial charge in [0.1, 0.15) is 6.04 Å². The molecule has 1 aliphatic carbocycles. The lowest BCUT2D eigenvalue weighted by Crippen LogP contribution is -2.50. The summed E-state index contributed by atoms with van der Waals surface area (Å²) in [7, 11) is 1.50. The Kier molecular flexibility index (Phi) is 7.76. The first-order valence-electron chi connectivity index (χ1n) is 6.98. The van der Waals surface area contributed by atoms with E-state index in [0.29, 0.717) is 11.9 Å². The maximum Gasteiger partial charge on any atom is 0.326 e. The zero-order chi connectivity index (χ0) is 15.0. The molecule has 6 nitrogen and oxygen atoms in total. The van der Waals surface area contributed by atoms with E-state index in [4.69, 9.17) is 9.84 Å². The summed E-state index contributed by atoms with van der Waals surface area (Å²) in [5.74, 6) is -0.0149. The van der Waals surface area contributed by atoms with Crippen molar-refractivity contribution < 1.29 is 19.4 Å². The van der Waals surface area contributed by atoms with Crippen molar-refractivity contribution in [2.24, 2.45) is 0 Å². The summed E-state index contributed by atoms with van der Waals surface area (Å²) in [4.78, 5) is 22.9. The van der Waals surface area contributed by atoms with E-state index in [1.807, 2.05) is 11.8 Å². The van der Waals surface area contributed by atoms with E-state index in [0.717, 1.165) is 25.0 Å². The SMILES string of the molecule is CCSC1CCCC1NC(=O)NC(CCOC)C(=O)O. The fourth-order valence-corrected chi connectivity index (χ4v) is 3.56. The number of nitrogens with one attached hydrogen (secondary N) is 2. The first kappa shape index (κ1) is 17.1. The third kappa shape index (κ3) is 5.58. The highest BCUT2D eigenvalue weighted by atomic mass is 32.2. The van der Waals surface area contributed by atoms with Gasteiger partial charge in [-0.15, -0.1) is 0 Å². The van der Waals surface area contributed by atoms with Crippen LogP contribution >= 0.6 is 11.8 Å². The van der Waals surface area contributed by atoms with Crippen molar-refractivity contribution in [3.05, 3.63) is 0 Å². The largest absolute Gasteiger partial charge is 0.480 e. The maximum atomic E-state index is 11.9. The lowest BCUT2D eigenvalue weighted by Gasteiger charge is -2.22. The normalized spacial score (nSPS) is 23.3. The van der Waals surface area contributed by atoms with Gasteiger partial charge >= 0.3 is 12.0 Å². The van der Waals surface area contributed by atoms with Crippen molar-refractivity contribution in [3.63, 3.8) is 0 Å². The second-order valence-electron chi connectivity index (χ2n) is 4.82. The Bertz CT molecular complexity index is 327. The van der Waals surface area contributed by atoms with E-state index in [-0.39, 0.29) is 12.5 Å². The summed E-state index contributed by atoms with van der Waals surface area (Å²) in [5, 5.41) is 14.9. The van der Waals surface area contributed by atoms with E-state index in [9.17, 15) is 9.59 Å². The van der Waals surface area contributed by atoms with Crippen LogP contribution in [-0.2, 0) is 9.53 Å². The van der Waals surface area contributed by atoms with Gasteiger partial charge in [-0.3, -0.25) is 0 Å². The quantitative estimate of drug-likeness (QED) is 0.632. The van der Waals surface area contributed by atoms with Crippen LogP contribution in [0.2, 0.25) is 0 Å². The van der Waals surface area contributed by atoms with E-state index < -0.39 is 18.0 Å². The Hall–Kier alpha value is -0.950. The van der Waals surface area contributed by atoms with Gasteiger partial charge in [0.25, 0.3) is 0 Å². The van der Waals surface area contributed by atoms with Crippen LogP contribution in [0.1, 0.15) is 32.6 Å². The number of methoxy groups -OCH3 is 1. The van der Waals surface area contributed by atoms with E-state index in [1.54, 1.807) is 0 Å². The van der Waals surface area contributed by atoms with Gasteiger partial charge in [0, 0.05) is 31.4 Å². The molecular weight excluding hydrogens is 280 g/mol. The standard InChI is InChI=1S/C13H24N2O4S/c1-3-20-11-6-4-5-9(11)14-13(18)15-10(12(16)17)7-8-19-2/h9-11H,3-8H2,1-2H3,(H,16,17)(H2,14,15,18). The number of aliphatic carboxylic acids is 1. The Morgan fingerprint density at radius 1 is 1.45 bits per heavy atom. The van der Waals surface area contributed by atoms with Gasteiger partial charge in [-0.1, -0.05) is 13.3 Å². The van der Waals surface area contributed by atoms with Crippen LogP contribution in [0.3, 0.4) is 0 Å². The molecule has 1 rings (SSSR count). The predicted octanol–water partition coefficient (Wildman–Crippen LogP) is 1.45. The molecule has 7 heteroatoms. The molecule has 116 valence electrons. The first-order valence-corrected chi connectivity index (χ1v) is 8.03. The molecule has 0 aromatic carbocycles. The van der Waals surface area contributed by atoms with Gasteiger partial charge in [-0.2, -0.15) is 11.8 Å². The zero-order valence-corrected chi connectivity index (χ0v) is 12.9. The number of thioether (sulfide) groups is 1. The second-order valence-corrected chi connectivity index (χ2v) is 6.34. The Morgan fingerprint density at radius 3 is 2.80 bits per heavy atom. The van der Waals surface area contributed by atoms with Gasteiger partial charge in [-0.25, -0.2) is 9.59 Å². The minimum absolute atomic E-state index is 0.136. The highest BCUT2D eigenvalue weighted by Gasteiger charge is 2.29. The topological polar surface area (TPSA) is 87.7 Å². The molecule has 1 fully saturated rings. The fourth-order valence-electron chi connectivity index (χ4n) is 2.37. The molecule has 0 aromatic heterocycles. The smallest absolute Gasteiger partial charge is 0.326 e.